The number of hydrogen-bond donors (Lipinski definition) is 3. The molecule has 1 aromatic carbocycles. The van der Waals surface area contributed by atoms with E-state index in [0.717, 1.165) is 12.0 Å². The second kappa shape index (κ2) is 8.49. The molecule has 6 nitrogen and oxygen atoms in total. The lowest BCUT2D eigenvalue weighted by molar-refractivity contribution is -0.161. The van der Waals surface area contributed by atoms with Gasteiger partial charge in [-0.3, -0.25) is 9.69 Å². The number of aliphatic hydroxyl groups is 3. The summed E-state index contributed by atoms with van der Waals surface area (Å²) in [7, 11) is 0. The van der Waals surface area contributed by atoms with Crippen molar-refractivity contribution < 1.29 is 20.1 Å². The van der Waals surface area contributed by atoms with Crippen LogP contribution in [0.4, 0.5) is 0 Å². The number of carbonyl (C=O) groups is 1. The molecular formula is C22H34N2O4. The molecular weight excluding hydrogens is 356 g/mol. The molecule has 1 amide bonds. The molecule has 0 bridgehead atoms. The van der Waals surface area contributed by atoms with Crippen LogP contribution in [0.25, 0.3) is 0 Å². The van der Waals surface area contributed by atoms with Crippen LogP contribution < -0.4 is 0 Å². The van der Waals surface area contributed by atoms with Crippen LogP contribution in [0.5, 0.6) is 0 Å². The Morgan fingerprint density at radius 3 is 2.25 bits per heavy atom. The lowest BCUT2D eigenvalue weighted by Gasteiger charge is -2.43. The first-order valence-electron chi connectivity index (χ1n) is 10.4. The zero-order valence-electron chi connectivity index (χ0n) is 17.1. The number of benzene rings is 1. The standard InChI is InChI=1S/C22H34N2O4/c1-17(2)19-6-4-18(5-7-19)14-24-11-3-8-22(28,20(24)26)15-23-12-9-21(27,16-25)10-13-23/h4-7,17,25,27-28H,3,8-16H2,1-2H3. The lowest BCUT2D eigenvalue weighted by Crippen LogP contribution is -2.60. The van der Waals surface area contributed by atoms with Crippen molar-refractivity contribution in [3.8, 4) is 0 Å². The molecule has 2 saturated heterocycles. The topological polar surface area (TPSA) is 84.2 Å². The fourth-order valence-electron chi connectivity index (χ4n) is 4.25. The van der Waals surface area contributed by atoms with Gasteiger partial charge in [0.2, 0.25) is 0 Å². The molecule has 1 atom stereocenters. The number of carbonyl (C=O) groups excluding carboxylic acids is 1. The normalized spacial score (nSPS) is 26.1. The van der Waals surface area contributed by atoms with Crippen LogP contribution in [-0.2, 0) is 11.3 Å². The average molecular weight is 391 g/mol. The van der Waals surface area contributed by atoms with Crippen LogP contribution in [0.3, 0.4) is 0 Å². The van der Waals surface area contributed by atoms with E-state index in [1.54, 1.807) is 4.90 Å². The molecule has 0 aliphatic carbocycles. The Labute approximate surface area is 167 Å². The zero-order chi connectivity index (χ0) is 20.4. The van der Waals surface area contributed by atoms with Crippen LogP contribution in [0.1, 0.15) is 56.6 Å². The van der Waals surface area contributed by atoms with Crippen molar-refractivity contribution >= 4 is 5.91 Å². The van der Waals surface area contributed by atoms with Gasteiger partial charge in [0.05, 0.1) is 12.2 Å². The minimum absolute atomic E-state index is 0.199. The number of piperidine rings is 2. The van der Waals surface area contributed by atoms with Crippen molar-refractivity contribution in [1.82, 2.24) is 9.80 Å². The van der Waals surface area contributed by atoms with E-state index in [4.69, 9.17) is 0 Å². The number of rotatable bonds is 6. The summed E-state index contributed by atoms with van der Waals surface area (Å²) in [5, 5.41) is 30.6. The van der Waals surface area contributed by atoms with E-state index in [9.17, 15) is 20.1 Å². The number of hydrogen-bond acceptors (Lipinski definition) is 5. The molecule has 28 heavy (non-hydrogen) atoms. The van der Waals surface area contributed by atoms with Gasteiger partial charge in [-0.1, -0.05) is 38.1 Å². The molecule has 3 N–H and O–H groups in total. The highest BCUT2D eigenvalue weighted by atomic mass is 16.3. The maximum Gasteiger partial charge on any atom is 0.256 e. The van der Waals surface area contributed by atoms with Crippen molar-refractivity contribution in [2.45, 2.75) is 63.2 Å². The molecule has 2 fully saturated rings. The van der Waals surface area contributed by atoms with Gasteiger partial charge < -0.3 is 20.2 Å². The van der Waals surface area contributed by atoms with E-state index in [1.165, 1.54) is 5.56 Å². The molecule has 1 unspecified atom stereocenters. The maximum atomic E-state index is 13.0. The van der Waals surface area contributed by atoms with Gasteiger partial charge in [0.1, 0.15) is 0 Å². The fraction of sp³-hybridized carbons (Fsp3) is 0.682. The summed E-state index contributed by atoms with van der Waals surface area (Å²) in [5.41, 5.74) is -0.0413. The highest BCUT2D eigenvalue weighted by Gasteiger charge is 2.44. The Hall–Kier alpha value is -1.47. The minimum atomic E-state index is -1.37. The average Bonchev–Trinajstić information content (AvgIpc) is 2.68. The molecule has 156 valence electrons. The van der Waals surface area contributed by atoms with Crippen molar-refractivity contribution in [3.63, 3.8) is 0 Å². The van der Waals surface area contributed by atoms with Crippen LogP contribution in [0.15, 0.2) is 24.3 Å². The Morgan fingerprint density at radius 2 is 1.68 bits per heavy atom. The smallest absolute Gasteiger partial charge is 0.256 e. The van der Waals surface area contributed by atoms with Crippen LogP contribution in [-0.4, -0.2) is 75.0 Å². The number of likely N-dealkylation sites (tertiary alicyclic amines) is 2. The molecule has 0 radical (unpaired) electrons. The molecule has 0 aromatic heterocycles. The minimum Gasteiger partial charge on any atom is -0.393 e. The number of aliphatic hydroxyl groups excluding tert-OH is 1. The predicted octanol–water partition coefficient (Wildman–Crippen LogP) is 1.48. The lowest BCUT2D eigenvalue weighted by atomic mass is 9.88. The Morgan fingerprint density at radius 1 is 1.04 bits per heavy atom. The summed E-state index contributed by atoms with van der Waals surface area (Å²) >= 11 is 0. The first-order chi connectivity index (χ1) is 13.2. The third-order valence-electron chi connectivity index (χ3n) is 6.29. The summed E-state index contributed by atoms with van der Waals surface area (Å²) < 4.78 is 0. The number of nitrogens with zero attached hydrogens (tertiary/aromatic N) is 2. The van der Waals surface area contributed by atoms with Crippen LogP contribution in [0, 0.1) is 0 Å². The Bertz CT molecular complexity index is 668. The highest BCUT2D eigenvalue weighted by Crippen LogP contribution is 2.28. The van der Waals surface area contributed by atoms with Gasteiger partial charge >= 0.3 is 0 Å². The SMILES string of the molecule is CC(C)c1ccc(CN2CCCC(O)(CN3CCC(O)(CO)CC3)C2=O)cc1. The van der Waals surface area contributed by atoms with Gasteiger partial charge in [-0.15, -0.1) is 0 Å². The van der Waals surface area contributed by atoms with Gasteiger partial charge in [-0.2, -0.15) is 0 Å². The summed E-state index contributed by atoms with van der Waals surface area (Å²) in [6.45, 7) is 6.69. The van der Waals surface area contributed by atoms with Gasteiger partial charge in [0.15, 0.2) is 5.60 Å². The molecule has 0 spiro atoms. The van der Waals surface area contributed by atoms with Crippen molar-refractivity contribution in [2.24, 2.45) is 0 Å². The number of amides is 1. The molecule has 1 aromatic rings. The Balaban J connectivity index is 1.61. The van der Waals surface area contributed by atoms with Crippen LogP contribution >= 0.6 is 0 Å². The third-order valence-corrected chi connectivity index (χ3v) is 6.29. The van der Waals surface area contributed by atoms with Gasteiger partial charge in [-0.05, 0) is 42.7 Å². The largest absolute Gasteiger partial charge is 0.393 e. The van der Waals surface area contributed by atoms with Gasteiger partial charge in [-0.25, -0.2) is 0 Å². The molecule has 3 rings (SSSR count). The predicted molar refractivity (Wildman–Crippen MR) is 108 cm³/mol. The second-order valence-electron chi connectivity index (χ2n) is 8.92. The van der Waals surface area contributed by atoms with E-state index in [2.05, 4.69) is 38.1 Å². The zero-order valence-corrected chi connectivity index (χ0v) is 17.1. The monoisotopic (exact) mass is 390 g/mol. The van der Waals surface area contributed by atoms with Gasteiger partial charge in [0.25, 0.3) is 5.91 Å². The summed E-state index contributed by atoms with van der Waals surface area (Å²) in [4.78, 5) is 16.8. The van der Waals surface area contributed by atoms with E-state index in [1.807, 2.05) is 4.90 Å². The van der Waals surface area contributed by atoms with E-state index in [-0.39, 0.29) is 19.1 Å². The van der Waals surface area contributed by atoms with Crippen molar-refractivity contribution in [1.29, 1.82) is 0 Å². The number of β-amino-alcohol motifs (C(OH)–C–C–N with tert-alkyl or cyclic N) is 1. The molecule has 6 heteroatoms. The van der Waals surface area contributed by atoms with Crippen molar-refractivity contribution in [2.75, 3.05) is 32.8 Å². The molecule has 2 aliphatic rings. The first-order valence-corrected chi connectivity index (χ1v) is 10.4. The van der Waals surface area contributed by atoms with E-state index in [0.29, 0.717) is 51.4 Å². The Kier molecular flexibility index (Phi) is 6.44. The van der Waals surface area contributed by atoms with Gasteiger partial charge in [0, 0.05) is 32.7 Å². The summed E-state index contributed by atoms with van der Waals surface area (Å²) in [6.07, 6.45) is 2.16. The summed E-state index contributed by atoms with van der Waals surface area (Å²) in [6, 6.07) is 8.35. The fourth-order valence-corrected chi connectivity index (χ4v) is 4.25. The van der Waals surface area contributed by atoms with E-state index >= 15 is 0 Å². The first kappa shape index (κ1) is 21.2. The molecule has 2 heterocycles. The highest BCUT2D eigenvalue weighted by molar-refractivity contribution is 5.86. The molecule has 2 aliphatic heterocycles. The quantitative estimate of drug-likeness (QED) is 0.685. The second-order valence-corrected chi connectivity index (χ2v) is 8.92. The molecule has 0 saturated carbocycles. The van der Waals surface area contributed by atoms with E-state index < -0.39 is 11.2 Å². The maximum absolute atomic E-state index is 13.0. The van der Waals surface area contributed by atoms with Crippen LogP contribution in [0.2, 0.25) is 0 Å². The third kappa shape index (κ3) is 4.74. The van der Waals surface area contributed by atoms with Crippen molar-refractivity contribution in [3.05, 3.63) is 35.4 Å². The summed E-state index contributed by atoms with van der Waals surface area (Å²) in [5.74, 6) is 0.276.